The van der Waals surface area contributed by atoms with Gasteiger partial charge >= 0.3 is 0 Å². The third-order valence-electron chi connectivity index (χ3n) is 2.10. The van der Waals surface area contributed by atoms with Crippen LogP contribution in [0.5, 0.6) is 0 Å². The predicted octanol–water partition coefficient (Wildman–Crippen LogP) is 2.15. The summed E-state index contributed by atoms with van der Waals surface area (Å²) in [5.41, 5.74) is 6.22. The van der Waals surface area contributed by atoms with Gasteiger partial charge in [-0.25, -0.2) is 0 Å². The Bertz CT molecular complexity index is 201. The number of nitrogens with two attached hydrogens (primary N) is 1. The largest absolute Gasteiger partial charge is 0.401 e. The minimum Gasteiger partial charge on any atom is -0.401 e. The lowest BCUT2D eigenvalue weighted by Gasteiger charge is -2.31. The Morgan fingerprint density at radius 3 is 2.08 bits per heavy atom. The van der Waals surface area contributed by atoms with E-state index in [9.17, 15) is 4.79 Å². The Kier molecular flexibility index (Phi) is 3.84. The number of carbonyl (C=O) groups is 1. The molecule has 0 heterocycles. The zero-order valence-corrected chi connectivity index (χ0v) is 8.99. The molecule has 12 heavy (non-hydrogen) atoms. The first-order chi connectivity index (χ1) is 5.30. The summed E-state index contributed by atoms with van der Waals surface area (Å²) in [6, 6.07) is 0. The van der Waals surface area contributed by atoms with Gasteiger partial charge in [-0.15, -0.1) is 0 Å². The molecule has 0 aliphatic carbocycles. The molecule has 70 valence electrons. The van der Waals surface area contributed by atoms with E-state index in [1.54, 1.807) is 6.92 Å². The highest BCUT2D eigenvalue weighted by molar-refractivity contribution is 8.14. The maximum Gasteiger partial charge on any atom is 0.186 e. The Morgan fingerprint density at radius 2 is 2.00 bits per heavy atom. The molecule has 0 fully saturated rings. The Hall–Kier alpha value is -0.440. The van der Waals surface area contributed by atoms with E-state index in [0.29, 0.717) is 11.6 Å². The molecule has 0 aromatic carbocycles. The van der Waals surface area contributed by atoms with Crippen molar-refractivity contribution >= 4 is 16.9 Å². The fourth-order valence-electron chi connectivity index (χ4n) is 0.853. The highest BCUT2D eigenvalue weighted by Gasteiger charge is 2.32. The van der Waals surface area contributed by atoms with Gasteiger partial charge in [0.1, 0.15) is 0 Å². The molecule has 0 aromatic heterocycles. The van der Waals surface area contributed by atoms with Crippen LogP contribution in [0.1, 0.15) is 27.7 Å². The fraction of sp³-hybridized carbons (Fsp3) is 0.667. The highest BCUT2D eigenvalue weighted by Crippen LogP contribution is 2.36. The zero-order valence-electron chi connectivity index (χ0n) is 8.18. The highest BCUT2D eigenvalue weighted by atomic mass is 32.2. The van der Waals surface area contributed by atoms with Gasteiger partial charge in [-0.2, -0.15) is 0 Å². The minimum absolute atomic E-state index is 0.0813. The lowest BCUT2D eigenvalue weighted by Crippen LogP contribution is -2.34. The standard InChI is InChI=1S/C9H17NOS/c1-6(2)9(5,7(3)10)12-8(4)11/h6H,3,10H2,1-2,4-5H3. The summed E-state index contributed by atoms with van der Waals surface area (Å²) in [5, 5.41) is 0.0813. The van der Waals surface area contributed by atoms with E-state index >= 15 is 0 Å². The van der Waals surface area contributed by atoms with E-state index in [1.807, 2.05) is 20.8 Å². The van der Waals surface area contributed by atoms with Gasteiger partial charge in [0.2, 0.25) is 0 Å². The van der Waals surface area contributed by atoms with Crippen molar-refractivity contribution < 1.29 is 4.79 Å². The average molecular weight is 187 g/mol. The van der Waals surface area contributed by atoms with Crippen molar-refractivity contribution in [1.82, 2.24) is 0 Å². The van der Waals surface area contributed by atoms with Crippen molar-refractivity contribution in [1.29, 1.82) is 0 Å². The Balaban J connectivity index is 4.62. The van der Waals surface area contributed by atoms with Crippen LogP contribution in [-0.2, 0) is 4.79 Å². The van der Waals surface area contributed by atoms with E-state index in [0.717, 1.165) is 0 Å². The fourth-order valence-corrected chi connectivity index (χ4v) is 1.82. The maximum absolute atomic E-state index is 10.9. The van der Waals surface area contributed by atoms with Gasteiger partial charge in [-0.3, -0.25) is 4.79 Å². The summed E-state index contributed by atoms with van der Waals surface area (Å²) in [7, 11) is 0. The maximum atomic E-state index is 10.9. The first-order valence-corrected chi connectivity index (χ1v) is 4.76. The van der Waals surface area contributed by atoms with Crippen LogP contribution in [0.3, 0.4) is 0 Å². The van der Waals surface area contributed by atoms with Gasteiger partial charge in [0.25, 0.3) is 0 Å². The molecule has 2 nitrogen and oxygen atoms in total. The van der Waals surface area contributed by atoms with E-state index < -0.39 is 0 Å². The third kappa shape index (κ3) is 2.55. The quantitative estimate of drug-likeness (QED) is 0.736. The molecular formula is C9H17NOS. The van der Waals surface area contributed by atoms with Gasteiger partial charge in [-0.05, 0) is 12.8 Å². The van der Waals surface area contributed by atoms with Gasteiger partial charge in [0, 0.05) is 12.6 Å². The van der Waals surface area contributed by atoms with E-state index in [4.69, 9.17) is 5.73 Å². The minimum atomic E-state index is -0.328. The summed E-state index contributed by atoms with van der Waals surface area (Å²) in [6.45, 7) is 11.3. The first-order valence-electron chi connectivity index (χ1n) is 3.95. The number of rotatable bonds is 3. The summed E-state index contributed by atoms with van der Waals surface area (Å²) >= 11 is 1.25. The molecule has 0 aliphatic heterocycles. The molecule has 2 N–H and O–H groups in total. The molecule has 0 bridgehead atoms. The molecule has 0 rings (SSSR count). The van der Waals surface area contributed by atoms with Crippen LogP contribution in [0.15, 0.2) is 12.3 Å². The lowest BCUT2D eigenvalue weighted by molar-refractivity contribution is -0.109. The van der Waals surface area contributed by atoms with E-state index in [-0.39, 0.29) is 9.86 Å². The second kappa shape index (κ2) is 3.99. The summed E-state index contributed by atoms with van der Waals surface area (Å²) in [5.74, 6) is 0.309. The van der Waals surface area contributed by atoms with E-state index in [2.05, 4.69) is 6.58 Å². The molecule has 1 unspecified atom stereocenters. The van der Waals surface area contributed by atoms with Crippen molar-refractivity contribution in [2.75, 3.05) is 0 Å². The summed E-state index contributed by atoms with van der Waals surface area (Å²) in [6.07, 6.45) is 0. The molecule has 0 saturated carbocycles. The lowest BCUT2D eigenvalue weighted by atomic mass is 9.94. The van der Waals surface area contributed by atoms with E-state index in [1.165, 1.54) is 11.8 Å². The number of thioether (sulfide) groups is 1. The molecule has 0 aliphatic rings. The van der Waals surface area contributed by atoms with Crippen molar-refractivity contribution in [3.63, 3.8) is 0 Å². The Labute approximate surface area is 78.6 Å². The van der Waals surface area contributed by atoms with Crippen LogP contribution in [0, 0.1) is 5.92 Å². The average Bonchev–Trinajstić information content (AvgIpc) is 1.84. The van der Waals surface area contributed by atoms with Gasteiger partial charge in [0.05, 0.1) is 4.75 Å². The van der Waals surface area contributed by atoms with Crippen molar-refractivity contribution in [3.8, 4) is 0 Å². The molecule has 3 heteroatoms. The molecule has 1 atom stereocenters. The monoisotopic (exact) mass is 187 g/mol. The molecule has 0 spiro atoms. The smallest absolute Gasteiger partial charge is 0.186 e. The van der Waals surface area contributed by atoms with Crippen molar-refractivity contribution in [2.45, 2.75) is 32.4 Å². The normalized spacial score (nSPS) is 15.8. The molecule has 0 aromatic rings. The van der Waals surface area contributed by atoms with Crippen LogP contribution in [-0.4, -0.2) is 9.86 Å². The predicted molar refractivity (Wildman–Crippen MR) is 54.8 cm³/mol. The second-order valence-electron chi connectivity index (χ2n) is 3.38. The third-order valence-corrected chi connectivity index (χ3v) is 3.54. The van der Waals surface area contributed by atoms with Crippen LogP contribution >= 0.6 is 11.8 Å². The number of carbonyl (C=O) groups excluding carboxylic acids is 1. The van der Waals surface area contributed by atoms with Gasteiger partial charge in [-0.1, -0.05) is 32.2 Å². The summed E-state index contributed by atoms with van der Waals surface area (Å²) < 4.78 is -0.328. The van der Waals surface area contributed by atoms with Crippen LogP contribution < -0.4 is 5.73 Å². The number of hydrogen-bond donors (Lipinski definition) is 1. The molecule has 0 radical (unpaired) electrons. The SMILES string of the molecule is C=C(N)C(C)(SC(C)=O)C(C)C. The summed E-state index contributed by atoms with van der Waals surface area (Å²) in [4.78, 5) is 10.9. The van der Waals surface area contributed by atoms with Gasteiger partial charge < -0.3 is 5.73 Å². The molecule has 0 amide bonds. The van der Waals surface area contributed by atoms with Crippen LogP contribution in [0.25, 0.3) is 0 Å². The second-order valence-corrected chi connectivity index (χ2v) is 5.01. The van der Waals surface area contributed by atoms with Gasteiger partial charge in [0.15, 0.2) is 5.12 Å². The van der Waals surface area contributed by atoms with Crippen molar-refractivity contribution in [3.05, 3.63) is 12.3 Å². The first kappa shape index (κ1) is 11.6. The van der Waals surface area contributed by atoms with Crippen LogP contribution in [0.2, 0.25) is 0 Å². The number of hydrogen-bond acceptors (Lipinski definition) is 3. The molecular weight excluding hydrogens is 170 g/mol. The van der Waals surface area contributed by atoms with Crippen molar-refractivity contribution in [2.24, 2.45) is 11.7 Å². The topological polar surface area (TPSA) is 43.1 Å². The molecule has 0 saturated heterocycles. The van der Waals surface area contributed by atoms with Crippen LogP contribution in [0.4, 0.5) is 0 Å². The Morgan fingerprint density at radius 1 is 1.58 bits per heavy atom. The zero-order chi connectivity index (χ0) is 9.94.